The minimum absolute atomic E-state index is 0.108. The van der Waals surface area contributed by atoms with Crippen molar-refractivity contribution < 1.29 is 13.2 Å². The zero-order valence-electron chi connectivity index (χ0n) is 13.8. The maximum Gasteiger partial charge on any atom is 0.177 e. The molecule has 0 saturated carbocycles. The van der Waals surface area contributed by atoms with Gasteiger partial charge in [0.25, 0.3) is 0 Å². The van der Waals surface area contributed by atoms with Crippen LogP contribution in [-0.4, -0.2) is 30.2 Å². The highest BCUT2D eigenvalue weighted by Crippen LogP contribution is 2.24. The average Bonchev–Trinajstić information content (AvgIpc) is 2.83. The van der Waals surface area contributed by atoms with Gasteiger partial charge in [0.2, 0.25) is 0 Å². The monoisotopic (exact) mass is 335 g/mol. The van der Waals surface area contributed by atoms with Gasteiger partial charge in [0.1, 0.15) is 0 Å². The number of aryl methyl sites for hydroxylation is 2. The third-order valence-electron chi connectivity index (χ3n) is 3.58. The fourth-order valence-electron chi connectivity index (χ4n) is 2.43. The van der Waals surface area contributed by atoms with Crippen LogP contribution in [0.15, 0.2) is 29.3 Å². The SMILES string of the molecule is CCc1nn(C)cc1CNc1cc(C(C)=O)ccc1S(C)(=O)=O. The van der Waals surface area contributed by atoms with E-state index >= 15 is 0 Å². The topological polar surface area (TPSA) is 81.1 Å². The minimum Gasteiger partial charge on any atom is -0.380 e. The van der Waals surface area contributed by atoms with Crippen LogP contribution in [0.3, 0.4) is 0 Å². The fourth-order valence-corrected chi connectivity index (χ4v) is 3.28. The minimum atomic E-state index is -3.39. The highest BCUT2D eigenvalue weighted by Gasteiger charge is 2.16. The molecule has 7 heteroatoms. The van der Waals surface area contributed by atoms with E-state index in [1.807, 2.05) is 20.2 Å². The molecule has 0 atom stereocenters. The van der Waals surface area contributed by atoms with Crippen molar-refractivity contribution in [3.05, 3.63) is 41.2 Å². The summed E-state index contributed by atoms with van der Waals surface area (Å²) in [6, 6.07) is 4.59. The Morgan fingerprint density at radius 1 is 1.35 bits per heavy atom. The lowest BCUT2D eigenvalue weighted by Crippen LogP contribution is -2.08. The van der Waals surface area contributed by atoms with Crippen LogP contribution in [0, 0.1) is 0 Å². The van der Waals surface area contributed by atoms with Gasteiger partial charge in [0, 0.05) is 37.2 Å². The summed E-state index contributed by atoms with van der Waals surface area (Å²) in [5, 5.41) is 7.50. The summed E-state index contributed by atoms with van der Waals surface area (Å²) >= 11 is 0. The molecule has 23 heavy (non-hydrogen) atoms. The van der Waals surface area contributed by atoms with Gasteiger partial charge >= 0.3 is 0 Å². The predicted molar refractivity (Wildman–Crippen MR) is 89.5 cm³/mol. The number of Topliss-reactive ketones (excluding diaryl/α,β-unsaturated/α-hetero) is 1. The number of sulfone groups is 1. The number of aromatic nitrogens is 2. The Hall–Kier alpha value is -2.15. The molecule has 0 bridgehead atoms. The number of hydrogen-bond donors (Lipinski definition) is 1. The molecule has 0 unspecified atom stereocenters. The smallest absolute Gasteiger partial charge is 0.177 e. The number of nitrogens with zero attached hydrogens (tertiary/aromatic N) is 2. The molecule has 0 spiro atoms. The molecular weight excluding hydrogens is 314 g/mol. The van der Waals surface area contributed by atoms with Gasteiger partial charge in [-0.25, -0.2) is 8.42 Å². The Morgan fingerprint density at radius 2 is 2.04 bits per heavy atom. The van der Waals surface area contributed by atoms with Crippen LogP contribution in [0.5, 0.6) is 0 Å². The zero-order valence-corrected chi connectivity index (χ0v) is 14.6. The summed E-state index contributed by atoms with van der Waals surface area (Å²) in [4.78, 5) is 11.7. The normalized spacial score (nSPS) is 11.5. The Bertz CT molecular complexity index is 838. The maximum atomic E-state index is 11.9. The number of hydrogen-bond acceptors (Lipinski definition) is 5. The number of anilines is 1. The van der Waals surface area contributed by atoms with E-state index in [2.05, 4.69) is 10.4 Å². The highest BCUT2D eigenvalue weighted by atomic mass is 32.2. The van der Waals surface area contributed by atoms with E-state index in [1.165, 1.54) is 19.1 Å². The molecule has 1 N–H and O–H groups in total. The van der Waals surface area contributed by atoms with Crippen molar-refractivity contribution in [1.29, 1.82) is 0 Å². The van der Waals surface area contributed by atoms with E-state index in [0.717, 1.165) is 23.9 Å². The number of nitrogens with one attached hydrogen (secondary N) is 1. The summed E-state index contributed by atoms with van der Waals surface area (Å²) in [5.41, 5.74) is 2.87. The summed E-state index contributed by atoms with van der Waals surface area (Å²) < 4.78 is 25.6. The van der Waals surface area contributed by atoms with Gasteiger partial charge in [-0.15, -0.1) is 0 Å². The molecule has 0 radical (unpaired) electrons. The number of benzene rings is 1. The van der Waals surface area contributed by atoms with E-state index in [-0.39, 0.29) is 10.7 Å². The van der Waals surface area contributed by atoms with Gasteiger partial charge in [-0.2, -0.15) is 5.10 Å². The van der Waals surface area contributed by atoms with Crippen LogP contribution in [0.25, 0.3) is 0 Å². The number of ketones is 1. The molecule has 1 heterocycles. The molecule has 1 aromatic carbocycles. The van der Waals surface area contributed by atoms with Gasteiger partial charge in [-0.05, 0) is 31.5 Å². The maximum absolute atomic E-state index is 11.9. The van der Waals surface area contributed by atoms with Crippen molar-refractivity contribution in [2.75, 3.05) is 11.6 Å². The fraction of sp³-hybridized carbons (Fsp3) is 0.375. The first-order valence-corrected chi connectivity index (χ1v) is 9.21. The first kappa shape index (κ1) is 17.2. The van der Waals surface area contributed by atoms with E-state index in [1.54, 1.807) is 10.7 Å². The van der Waals surface area contributed by atoms with Crippen molar-refractivity contribution in [1.82, 2.24) is 9.78 Å². The Kier molecular flexibility index (Phi) is 4.89. The predicted octanol–water partition coefficient (Wildman–Crippen LogP) is 2.20. The van der Waals surface area contributed by atoms with Crippen LogP contribution in [-0.2, 0) is 29.9 Å². The van der Waals surface area contributed by atoms with E-state index < -0.39 is 9.84 Å². The largest absolute Gasteiger partial charge is 0.380 e. The van der Waals surface area contributed by atoms with E-state index in [9.17, 15) is 13.2 Å². The molecule has 2 rings (SSSR count). The second-order valence-electron chi connectivity index (χ2n) is 5.52. The van der Waals surface area contributed by atoms with Gasteiger partial charge in [0.15, 0.2) is 15.6 Å². The Labute approximate surface area is 136 Å². The molecule has 6 nitrogen and oxygen atoms in total. The third kappa shape index (κ3) is 3.98. The second-order valence-corrected chi connectivity index (χ2v) is 7.51. The molecule has 0 aliphatic carbocycles. The number of rotatable bonds is 6. The summed E-state index contributed by atoms with van der Waals surface area (Å²) in [7, 11) is -1.54. The molecule has 0 amide bonds. The lowest BCUT2D eigenvalue weighted by Gasteiger charge is -2.12. The summed E-state index contributed by atoms with van der Waals surface area (Å²) in [6.45, 7) is 3.92. The lowest BCUT2D eigenvalue weighted by atomic mass is 10.1. The van der Waals surface area contributed by atoms with Gasteiger partial charge in [-0.1, -0.05) is 6.92 Å². The van der Waals surface area contributed by atoms with Crippen LogP contribution in [0.1, 0.15) is 35.5 Å². The van der Waals surface area contributed by atoms with Gasteiger partial charge in [0.05, 0.1) is 16.3 Å². The molecule has 0 saturated heterocycles. The van der Waals surface area contributed by atoms with Crippen LogP contribution >= 0.6 is 0 Å². The summed E-state index contributed by atoms with van der Waals surface area (Å²) in [5.74, 6) is -0.108. The molecule has 1 aromatic heterocycles. The second kappa shape index (κ2) is 6.54. The quantitative estimate of drug-likeness (QED) is 0.819. The molecule has 0 fully saturated rings. The van der Waals surface area contributed by atoms with E-state index in [4.69, 9.17) is 0 Å². The van der Waals surface area contributed by atoms with Crippen LogP contribution in [0.2, 0.25) is 0 Å². The Balaban J connectivity index is 2.37. The summed E-state index contributed by atoms with van der Waals surface area (Å²) in [6.07, 6.45) is 3.85. The average molecular weight is 335 g/mol. The van der Waals surface area contributed by atoms with Gasteiger partial charge in [-0.3, -0.25) is 9.48 Å². The Morgan fingerprint density at radius 3 is 2.61 bits per heavy atom. The first-order chi connectivity index (χ1) is 10.7. The van der Waals surface area contributed by atoms with Crippen molar-refractivity contribution in [3.8, 4) is 0 Å². The lowest BCUT2D eigenvalue weighted by molar-refractivity contribution is 0.101. The van der Waals surface area contributed by atoms with Gasteiger partial charge < -0.3 is 5.32 Å². The van der Waals surface area contributed by atoms with E-state index in [0.29, 0.717) is 17.8 Å². The van der Waals surface area contributed by atoms with Crippen molar-refractivity contribution >= 4 is 21.3 Å². The number of carbonyl (C=O) groups excluding carboxylic acids is 1. The highest BCUT2D eigenvalue weighted by molar-refractivity contribution is 7.90. The van der Waals surface area contributed by atoms with Crippen LogP contribution < -0.4 is 5.32 Å². The molecule has 0 aliphatic heterocycles. The standard InChI is InChI=1S/C16H21N3O3S/c1-5-14-13(10-19(3)18-14)9-17-15-8-12(11(2)20)6-7-16(15)23(4,21)22/h6-8,10,17H,5,9H2,1-4H3. The first-order valence-electron chi connectivity index (χ1n) is 7.32. The molecule has 2 aromatic rings. The van der Waals surface area contributed by atoms with Crippen LogP contribution in [0.4, 0.5) is 5.69 Å². The molecule has 124 valence electrons. The van der Waals surface area contributed by atoms with Crippen molar-refractivity contribution in [2.24, 2.45) is 7.05 Å². The molecule has 0 aliphatic rings. The number of carbonyl (C=O) groups is 1. The van der Waals surface area contributed by atoms with Crippen molar-refractivity contribution in [3.63, 3.8) is 0 Å². The third-order valence-corrected chi connectivity index (χ3v) is 4.74. The zero-order chi connectivity index (χ0) is 17.2. The van der Waals surface area contributed by atoms with Crippen molar-refractivity contribution in [2.45, 2.75) is 31.7 Å². The molecular formula is C16H21N3O3S.